The molecule has 3 amide bonds. The quantitative estimate of drug-likeness (QED) is 0.195. The molecule has 0 radical (unpaired) electrons. The summed E-state index contributed by atoms with van der Waals surface area (Å²) < 4.78 is 0. The number of hydrazine groups is 1. The molecule has 0 aliphatic carbocycles. The van der Waals surface area contributed by atoms with E-state index in [9.17, 15) is 33.9 Å². The molecule has 2 fully saturated rings. The van der Waals surface area contributed by atoms with Crippen LogP contribution in [0.3, 0.4) is 0 Å². The highest BCUT2D eigenvalue weighted by molar-refractivity contribution is 6.00. The van der Waals surface area contributed by atoms with Gasteiger partial charge in [0.1, 0.15) is 12.3 Å². The molecule has 2 aliphatic heterocycles. The van der Waals surface area contributed by atoms with Crippen LogP contribution in [-0.2, 0) is 24.0 Å². The molecule has 3 rings (SSSR count). The van der Waals surface area contributed by atoms with Crippen LogP contribution >= 0.6 is 0 Å². The monoisotopic (exact) mass is 474 g/mol. The zero-order valence-corrected chi connectivity index (χ0v) is 18.3. The van der Waals surface area contributed by atoms with Gasteiger partial charge in [0, 0.05) is 18.5 Å². The largest absolute Gasteiger partial charge is 0.481 e. The van der Waals surface area contributed by atoms with E-state index in [1.807, 2.05) is 0 Å². The van der Waals surface area contributed by atoms with E-state index < -0.39 is 60.2 Å². The van der Waals surface area contributed by atoms with Gasteiger partial charge in [-0.15, -0.1) is 0 Å². The molecule has 0 spiro atoms. The number of hydrogen-bond acceptors (Lipinski definition) is 8. The highest BCUT2D eigenvalue weighted by Gasteiger charge is 2.45. The van der Waals surface area contributed by atoms with E-state index >= 15 is 0 Å². The highest BCUT2D eigenvalue weighted by atomic mass is 16.4. The number of nitrogens with zero attached hydrogens (tertiary/aromatic N) is 2. The van der Waals surface area contributed by atoms with Gasteiger partial charge in [-0.1, -0.05) is 30.3 Å². The number of benzene rings is 1. The predicted octanol–water partition coefficient (Wildman–Crippen LogP) is -1.17. The summed E-state index contributed by atoms with van der Waals surface area (Å²) in [6.45, 7) is 0.193. The Morgan fingerprint density at radius 2 is 1.85 bits per heavy atom. The van der Waals surface area contributed by atoms with Gasteiger partial charge in [-0.2, -0.15) is 0 Å². The SMILES string of the molecule is O=C[C@H](CC(=O)O)NC(=O)[C@@H]1CCCN2C(=O)CC[C@H](NC(O)C(=O)c3ccccc3)C(=O)N12. The number of aliphatic carboxylic acids is 1. The number of nitrogens with one attached hydrogen (secondary N) is 2. The minimum absolute atomic E-state index is 0.00584. The number of carbonyl (C=O) groups excluding carboxylic acids is 5. The fraction of sp³-hybridized carbons (Fsp3) is 0.455. The minimum atomic E-state index is -1.72. The van der Waals surface area contributed by atoms with Crippen molar-refractivity contribution in [3.8, 4) is 0 Å². The van der Waals surface area contributed by atoms with Gasteiger partial charge >= 0.3 is 5.97 Å². The molecule has 12 nitrogen and oxygen atoms in total. The lowest BCUT2D eigenvalue weighted by Gasteiger charge is -2.43. The number of carboxylic acid groups (broad SMARTS) is 1. The molecule has 12 heteroatoms. The molecule has 34 heavy (non-hydrogen) atoms. The number of ketones is 1. The van der Waals surface area contributed by atoms with Crippen molar-refractivity contribution in [2.75, 3.05) is 6.54 Å². The summed E-state index contributed by atoms with van der Waals surface area (Å²) in [4.78, 5) is 73.5. The fourth-order valence-corrected chi connectivity index (χ4v) is 4.05. The summed E-state index contributed by atoms with van der Waals surface area (Å²) in [6.07, 6.45) is -1.53. The predicted molar refractivity (Wildman–Crippen MR) is 115 cm³/mol. The number of aldehydes is 1. The molecule has 2 saturated heterocycles. The van der Waals surface area contributed by atoms with Gasteiger partial charge in [-0.3, -0.25) is 34.3 Å². The average Bonchev–Trinajstić information content (AvgIpc) is 2.95. The topological polar surface area (TPSA) is 173 Å². The van der Waals surface area contributed by atoms with Crippen LogP contribution in [0.15, 0.2) is 30.3 Å². The first-order chi connectivity index (χ1) is 16.2. The molecule has 4 atom stereocenters. The third kappa shape index (κ3) is 5.64. The van der Waals surface area contributed by atoms with E-state index in [0.717, 1.165) is 10.0 Å². The van der Waals surface area contributed by atoms with Crippen molar-refractivity contribution in [1.82, 2.24) is 20.7 Å². The van der Waals surface area contributed by atoms with Crippen LogP contribution in [0.5, 0.6) is 0 Å². The Labute approximate surface area is 194 Å². The zero-order valence-electron chi connectivity index (χ0n) is 18.3. The fourth-order valence-electron chi connectivity index (χ4n) is 4.05. The Hall–Kier alpha value is -3.64. The van der Waals surface area contributed by atoms with Crippen LogP contribution in [0.1, 0.15) is 42.5 Å². The molecule has 0 aromatic heterocycles. The number of carboxylic acids is 1. The van der Waals surface area contributed by atoms with E-state index in [0.29, 0.717) is 6.42 Å². The number of amides is 3. The first-order valence-corrected chi connectivity index (χ1v) is 10.9. The molecular formula is C22H26N4O8. The van der Waals surface area contributed by atoms with Gasteiger partial charge in [-0.25, -0.2) is 5.01 Å². The average molecular weight is 474 g/mol. The molecule has 182 valence electrons. The third-order valence-corrected chi connectivity index (χ3v) is 5.72. The van der Waals surface area contributed by atoms with Crippen LogP contribution in [0, 0.1) is 0 Å². The van der Waals surface area contributed by atoms with Gasteiger partial charge in [-0.05, 0) is 19.3 Å². The Bertz CT molecular complexity index is 969. The van der Waals surface area contributed by atoms with Crippen molar-refractivity contribution in [2.45, 2.75) is 56.5 Å². The number of carbonyl (C=O) groups is 6. The number of fused-ring (bicyclic) bond motifs is 1. The van der Waals surface area contributed by atoms with Crippen molar-refractivity contribution < 1.29 is 39.0 Å². The lowest BCUT2D eigenvalue weighted by atomic mass is 10.0. The molecule has 1 aromatic rings. The van der Waals surface area contributed by atoms with Crippen molar-refractivity contribution in [3.05, 3.63) is 35.9 Å². The molecule has 0 saturated carbocycles. The summed E-state index contributed by atoms with van der Waals surface area (Å²) in [5.41, 5.74) is 0.231. The summed E-state index contributed by atoms with van der Waals surface area (Å²) in [5.74, 6) is -3.81. The van der Waals surface area contributed by atoms with Gasteiger partial charge in [0.05, 0.1) is 18.5 Å². The molecule has 1 unspecified atom stereocenters. The van der Waals surface area contributed by atoms with Crippen LogP contribution in [0.25, 0.3) is 0 Å². The molecule has 2 aliphatic rings. The van der Waals surface area contributed by atoms with Crippen LogP contribution in [0.2, 0.25) is 0 Å². The van der Waals surface area contributed by atoms with Crippen molar-refractivity contribution >= 4 is 35.8 Å². The maximum atomic E-state index is 13.4. The van der Waals surface area contributed by atoms with Gasteiger partial charge < -0.3 is 20.3 Å². The van der Waals surface area contributed by atoms with E-state index in [-0.39, 0.29) is 37.7 Å². The zero-order chi connectivity index (χ0) is 24.8. The van der Waals surface area contributed by atoms with Crippen LogP contribution in [-0.4, -0.2) is 86.9 Å². The second-order valence-electron chi connectivity index (χ2n) is 8.10. The maximum Gasteiger partial charge on any atom is 0.305 e. The number of aliphatic hydroxyl groups excluding tert-OH is 1. The Morgan fingerprint density at radius 1 is 1.15 bits per heavy atom. The summed E-state index contributed by atoms with van der Waals surface area (Å²) >= 11 is 0. The molecule has 4 N–H and O–H groups in total. The second kappa shape index (κ2) is 11.0. The van der Waals surface area contributed by atoms with E-state index in [1.165, 1.54) is 12.1 Å². The smallest absolute Gasteiger partial charge is 0.305 e. The normalized spacial score (nSPS) is 22.3. The standard InChI is InChI=1S/C22H26N4O8/c27-12-14(11-18(29)30)23-20(32)16-7-4-10-25-17(28)9-8-15(22(34)26(16)25)24-21(33)19(31)13-5-2-1-3-6-13/h1-3,5-6,12,14-16,21,24,33H,4,7-11H2,(H,23,32)(H,29,30)/t14-,15-,16-,21?/m0/s1. The van der Waals surface area contributed by atoms with Crippen LogP contribution < -0.4 is 10.6 Å². The number of Topliss-reactive ketones (excluding diaryl/α,β-unsaturated/α-hetero) is 1. The number of hydrogen-bond donors (Lipinski definition) is 4. The van der Waals surface area contributed by atoms with Crippen molar-refractivity contribution in [3.63, 3.8) is 0 Å². The van der Waals surface area contributed by atoms with Crippen molar-refractivity contribution in [1.29, 1.82) is 0 Å². The van der Waals surface area contributed by atoms with E-state index in [2.05, 4.69) is 10.6 Å². The maximum absolute atomic E-state index is 13.4. The Kier molecular flexibility index (Phi) is 8.08. The highest BCUT2D eigenvalue weighted by Crippen LogP contribution is 2.25. The number of aliphatic hydroxyl groups is 1. The first kappa shape index (κ1) is 25.0. The Balaban J connectivity index is 1.79. The Morgan fingerprint density at radius 3 is 2.50 bits per heavy atom. The van der Waals surface area contributed by atoms with Gasteiger partial charge in [0.15, 0.2) is 6.23 Å². The van der Waals surface area contributed by atoms with E-state index in [1.54, 1.807) is 18.2 Å². The summed E-state index contributed by atoms with van der Waals surface area (Å²) in [6, 6.07) is 4.40. The lowest BCUT2D eigenvalue weighted by molar-refractivity contribution is -0.176. The third-order valence-electron chi connectivity index (χ3n) is 5.72. The van der Waals surface area contributed by atoms with Gasteiger partial charge in [0.25, 0.3) is 5.91 Å². The molecule has 2 heterocycles. The minimum Gasteiger partial charge on any atom is -0.481 e. The van der Waals surface area contributed by atoms with E-state index in [4.69, 9.17) is 5.11 Å². The second-order valence-corrected chi connectivity index (χ2v) is 8.10. The molecular weight excluding hydrogens is 448 g/mol. The van der Waals surface area contributed by atoms with Crippen LogP contribution in [0.4, 0.5) is 0 Å². The molecule has 1 aromatic carbocycles. The lowest BCUT2D eigenvalue weighted by Crippen LogP contribution is -2.64. The first-order valence-electron chi connectivity index (χ1n) is 10.9. The van der Waals surface area contributed by atoms with Crippen molar-refractivity contribution in [2.24, 2.45) is 0 Å². The van der Waals surface area contributed by atoms with Gasteiger partial charge in [0.2, 0.25) is 17.6 Å². The summed E-state index contributed by atoms with van der Waals surface area (Å²) in [5, 5.41) is 26.3. The summed E-state index contributed by atoms with van der Waals surface area (Å²) in [7, 11) is 0. The number of rotatable bonds is 9. The molecule has 0 bridgehead atoms.